The normalized spacial score (nSPS) is 17.8. The van der Waals surface area contributed by atoms with E-state index in [2.05, 4.69) is 47.5 Å². The van der Waals surface area contributed by atoms with E-state index in [1.165, 1.54) is 16.8 Å². The topological polar surface area (TPSA) is 28.4 Å². The molecule has 1 atom stereocenters. The van der Waals surface area contributed by atoms with Crippen LogP contribution in [0.3, 0.4) is 0 Å². The van der Waals surface area contributed by atoms with Crippen LogP contribution < -0.4 is 10.2 Å². The number of nitrogens with one attached hydrogen (secondary N) is 1. The zero-order chi connectivity index (χ0) is 13.2. The third-order valence-corrected chi connectivity index (χ3v) is 3.76. The number of furan rings is 1. The average Bonchev–Trinajstić information content (AvgIpc) is 2.96. The van der Waals surface area contributed by atoms with E-state index in [9.17, 15) is 0 Å². The molecule has 19 heavy (non-hydrogen) atoms. The summed E-state index contributed by atoms with van der Waals surface area (Å²) in [6.45, 7) is 3.98. The molecule has 2 heterocycles. The van der Waals surface area contributed by atoms with Gasteiger partial charge in [0, 0.05) is 23.8 Å². The molecule has 1 aromatic heterocycles. The molecule has 1 aliphatic heterocycles. The number of para-hydroxylation sites is 1. The molecule has 2 aromatic rings. The van der Waals surface area contributed by atoms with E-state index in [4.69, 9.17) is 4.42 Å². The van der Waals surface area contributed by atoms with Crippen LogP contribution in [0.5, 0.6) is 0 Å². The summed E-state index contributed by atoms with van der Waals surface area (Å²) in [6, 6.07) is 11.3. The Labute approximate surface area is 114 Å². The second-order valence-electron chi connectivity index (χ2n) is 5.26. The zero-order valence-electron chi connectivity index (χ0n) is 11.5. The van der Waals surface area contributed by atoms with Gasteiger partial charge in [-0.05, 0) is 38.1 Å². The highest BCUT2D eigenvalue weighted by Gasteiger charge is 2.26. The lowest BCUT2D eigenvalue weighted by Crippen LogP contribution is -2.28. The molecular formula is C16H20N2O. The van der Waals surface area contributed by atoms with Gasteiger partial charge in [0.05, 0.1) is 12.8 Å². The summed E-state index contributed by atoms with van der Waals surface area (Å²) in [6.07, 6.45) is 2.97. The molecule has 0 spiro atoms. The molecule has 3 heteroatoms. The van der Waals surface area contributed by atoms with Crippen LogP contribution >= 0.6 is 0 Å². The van der Waals surface area contributed by atoms with Gasteiger partial charge in [0.15, 0.2) is 0 Å². The molecule has 0 amide bonds. The molecule has 1 aliphatic rings. The Kier molecular flexibility index (Phi) is 3.30. The molecule has 3 rings (SSSR count). The predicted octanol–water partition coefficient (Wildman–Crippen LogP) is 2.95. The Hall–Kier alpha value is -1.74. The molecule has 0 bridgehead atoms. The van der Waals surface area contributed by atoms with Crippen molar-refractivity contribution in [2.24, 2.45) is 0 Å². The second-order valence-corrected chi connectivity index (χ2v) is 5.26. The summed E-state index contributed by atoms with van der Waals surface area (Å²) in [4.78, 5) is 2.43. The smallest absolute Gasteiger partial charge is 0.123 e. The average molecular weight is 256 g/mol. The third kappa shape index (κ3) is 2.38. The van der Waals surface area contributed by atoms with Crippen LogP contribution in [-0.4, -0.2) is 13.1 Å². The first-order chi connectivity index (χ1) is 9.28. The molecule has 3 nitrogen and oxygen atoms in total. The summed E-state index contributed by atoms with van der Waals surface area (Å²) in [5.41, 5.74) is 4.00. The third-order valence-electron chi connectivity index (χ3n) is 3.76. The van der Waals surface area contributed by atoms with E-state index in [1.54, 1.807) is 0 Å². The Bertz CT molecular complexity index is 561. The van der Waals surface area contributed by atoms with E-state index >= 15 is 0 Å². The summed E-state index contributed by atoms with van der Waals surface area (Å²) >= 11 is 0. The van der Waals surface area contributed by atoms with Crippen molar-refractivity contribution in [2.45, 2.75) is 32.5 Å². The first-order valence-electron chi connectivity index (χ1n) is 6.83. The molecule has 1 N–H and O–H groups in total. The highest BCUT2D eigenvalue weighted by molar-refractivity contribution is 5.59. The number of anilines is 1. The van der Waals surface area contributed by atoms with E-state index in [1.807, 2.05) is 13.3 Å². The standard InChI is InChI=1S/C16H20N2O/c1-12-7-14-5-3-4-6-16(14)18(12)10-15-8-13(9-17-2)11-19-15/h3-6,8,11-12,17H,7,9-10H2,1-2H3. The van der Waals surface area contributed by atoms with Crippen molar-refractivity contribution in [3.05, 3.63) is 53.5 Å². The lowest BCUT2D eigenvalue weighted by atomic mass is 10.1. The van der Waals surface area contributed by atoms with Gasteiger partial charge in [-0.2, -0.15) is 0 Å². The van der Waals surface area contributed by atoms with E-state index < -0.39 is 0 Å². The van der Waals surface area contributed by atoms with Crippen LogP contribution in [0.1, 0.15) is 23.8 Å². The van der Waals surface area contributed by atoms with Crippen LogP contribution in [0.25, 0.3) is 0 Å². The van der Waals surface area contributed by atoms with E-state index in [-0.39, 0.29) is 0 Å². The van der Waals surface area contributed by atoms with Crippen LogP contribution in [0.15, 0.2) is 41.0 Å². The Balaban J connectivity index is 1.79. The Morgan fingerprint density at radius 3 is 3.05 bits per heavy atom. The predicted molar refractivity (Wildman–Crippen MR) is 77.3 cm³/mol. The first kappa shape index (κ1) is 12.3. The van der Waals surface area contributed by atoms with Crippen molar-refractivity contribution in [2.75, 3.05) is 11.9 Å². The minimum atomic E-state index is 0.537. The minimum absolute atomic E-state index is 0.537. The summed E-state index contributed by atoms with van der Waals surface area (Å²) in [5.74, 6) is 1.04. The van der Waals surface area contributed by atoms with Gasteiger partial charge in [0.25, 0.3) is 0 Å². The van der Waals surface area contributed by atoms with Gasteiger partial charge >= 0.3 is 0 Å². The second kappa shape index (κ2) is 5.10. The van der Waals surface area contributed by atoms with Gasteiger partial charge in [-0.3, -0.25) is 0 Å². The number of fused-ring (bicyclic) bond motifs is 1. The molecule has 1 aromatic carbocycles. The zero-order valence-corrected chi connectivity index (χ0v) is 11.5. The first-order valence-corrected chi connectivity index (χ1v) is 6.83. The van der Waals surface area contributed by atoms with Gasteiger partial charge in [-0.1, -0.05) is 18.2 Å². The van der Waals surface area contributed by atoms with Gasteiger partial charge in [0.2, 0.25) is 0 Å². The molecule has 1 unspecified atom stereocenters. The minimum Gasteiger partial charge on any atom is -0.467 e. The van der Waals surface area contributed by atoms with Crippen LogP contribution in [0.2, 0.25) is 0 Å². The largest absolute Gasteiger partial charge is 0.467 e. The molecule has 0 radical (unpaired) electrons. The van der Waals surface area contributed by atoms with E-state index in [0.29, 0.717) is 6.04 Å². The fourth-order valence-electron chi connectivity index (χ4n) is 2.84. The molecule has 100 valence electrons. The Morgan fingerprint density at radius 2 is 2.21 bits per heavy atom. The van der Waals surface area contributed by atoms with Crippen molar-refractivity contribution in [3.63, 3.8) is 0 Å². The fraction of sp³-hybridized carbons (Fsp3) is 0.375. The van der Waals surface area contributed by atoms with Crippen molar-refractivity contribution >= 4 is 5.69 Å². The maximum Gasteiger partial charge on any atom is 0.123 e. The van der Waals surface area contributed by atoms with Crippen molar-refractivity contribution in [3.8, 4) is 0 Å². The fourth-order valence-corrected chi connectivity index (χ4v) is 2.84. The molecule has 0 aliphatic carbocycles. The number of hydrogen-bond acceptors (Lipinski definition) is 3. The van der Waals surface area contributed by atoms with E-state index in [0.717, 1.165) is 25.3 Å². The lowest BCUT2D eigenvalue weighted by Gasteiger charge is -2.23. The number of benzene rings is 1. The summed E-state index contributed by atoms with van der Waals surface area (Å²) in [5, 5.41) is 3.14. The van der Waals surface area contributed by atoms with Gasteiger partial charge in [-0.25, -0.2) is 0 Å². The SMILES string of the molecule is CNCc1coc(CN2c3ccccc3CC2C)c1. The summed E-state index contributed by atoms with van der Waals surface area (Å²) in [7, 11) is 1.95. The quantitative estimate of drug-likeness (QED) is 0.911. The molecule has 0 saturated carbocycles. The lowest BCUT2D eigenvalue weighted by molar-refractivity contribution is 0.491. The maximum atomic E-state index is 5.66. The van der Waals surface area contributed by atoms with Crippen molar-refractivity contribution in [1.29, 1.82) is 0 Å². The van der Waals surface area contributed by atoms with Crippen molar-refractivity contribution < 1.29 is 4.42 Å². The van der Waals surface area contributed by atoms with Gasteiger partial charge in [-0.15, -0.1) is 0 Å². The van der Waals surface area contributed by atoms with Crippen LogP contribution in [0, 0.1) is 0 Å². The molecular weight excluding hydrogens is 236 g/mol. The van der Waals surface area contributed by atoms with Crippen LogP contribution in [-0.2, 0) is 19.5 Å². The van der Waals surface area contributed by atoms with Gasteiger partial charge < -0.3 is 14.6 Å². The number of rotatable bonds is 4. The molecule has 0 fully saturated rings. The maximum absolute atomic E-state index is 5.66. The highest BCUT2D eigenvalue weighted by Crippen LogP contribution is 2.33. The molecule has 0 saturated heterocycles. The number of nitrogens with zero attached hydrogens (tertiary/aromatic N) is 1. The highest BCUT2D eigenvalue weighted by atomic mass is 16.3. The van der Waals surface area contributed by atoms with Gasteiger partial charge in [0.1, 0.15) is 5.76 Å². The van der Waals surface area contributed by atoms with Crippen molar-refractivity contribution in [1.82, 2.24) is 5.32 Å². The Morgan fingerprint density at radius 1 is 1.37 bits per heavy atom. The monoisotopic (exact) mass is 256 g/mol. The van der Waals surface area contributed by atoms with Crippen LogP contribution in [0.4, 0.5) is 5.69 Å². The number of hydrogen-bond donors (Lipinski definition) is 1. The summed E-state index contributed by atoms with van der Waals surface area (Å²) < 4.78 is 5.66.